The number of unbranched alkanes of at least 4 members (excludes halogenated alkanes) is 1. The lowest BCUT2D eigenvalue weighted by atomic mass is 10.1. The number of thiazole rings is 2. The van der Waals surface area contributed by atoms with E-state index in [9.17, 15) is 9.59 Å². The Kier molecular flexibility index (Phi) is 7.61. The maximum absolute atomic E-state index is 12.4. The van der Waals surface area contributed by atoms with Gasteiger partial charge in [0.05, 0.1) is 28.9 Å². The SMILES string of the molecule is CCCCc1ccc2nc(NC(=O)Cc3csc(CNC(=O)OC(C)(C)C)n3)sc2c1. The molecule has 0 unspecified atom stereocenters. The highest BCUT2D eigenvalue weighted by molar-refractivity contribution is 7.22. The van der Waals surface area contributed by atoms with Gasteiger partial charge in [0.2, 0.25) is 5.91 Å². The number of amides is 2. The first kappa shape index (κ1) is 23.1. The third-order valence-electron chi connectivity index (χ3n) is 4.24. The molecule has 3 aromatic rings. The van der Waals surface area contributed by atoms with Gasteiger partial charge in [0.15, 0.2) is 5.13 Å². The summed E-state index contributed by atoms with van der Waals surface area (Å²) in [6.45, 7) is 7.87. The molecule has 1 aromatic carbocycles. The van der Waals surface area contributed by atoms with Crippen molar-refractivity contribution < 1.29 is 14.3 Å². The molecule has 7 nitrogen and oxygen atoms in total. The van der Waals surface area contributed by atoms with Crippen LogP contribution in [0.25, 0.3) is 10.2 Å². The number of anilines is 1. The second-order valence-corrected chi connectivity index (χ2v) is 10.2. The Morgan fingerprint density at radius 3 is 2.74 bits per heavy atom. The molecule has 2 N–H and O–H groups in total. The molecule has 0 spiro atoms. The second-order valence-electron chi connectivity index (χ2n) is 8.24. The Labute approximate surface area is 190 Å². The molecule has 3 rings (SSSR count). The number of carbonyl (C=O) groups excluding carboxylic acids is 2. The van der Waals surface area contributed by atoms with E-state index in [-0.39, 0.29) is 18.9 Å². The van der Waals surface area contributed by atoms with Crippen LogP contribution in [-0.2, 0) is 28.9 Å². The van der Waals surface area contributed by atoms with E-state index in [2.05, 4.69) is 39.7 Å². The topological polar surface area (TPSA) is 93.2 Å². The Hall–Kier alpha value is -2.52. The number of aromatic nitrogens is 2. The van der Waals surface area contributed by atoms with Gasteiger partial charge >= 0.3 is 6.09 Å². The predicted molar refractivity (Wildman–Crippen MR) is 126 cm³/mol. The van der Waals surface area contributed by atoms with Crippen molar-refractivity contribution in [3.05, 3.63) is 39.8 Å². The monoisotopic (exact) mass is 460 g/mol. The van der Waals surface area contributed by atoms with Crippen LogP contribution in [0.5, 0.6) is 0 Å². The van der Waals surface area contributed by atoms with Crippen molar-refractivity contribution in [2.24, 2.45) is 0 Å². The van der Waals surface area contributed by atoms with Crippen LogP contribution in [0.1, 0.15) is 56.8 Å². The number of hydrogen-bond donors (Lipinski definition) is 2. The number of fused-ring (bicyclic) bond motifs is 1. The van der Waals surface area contributed by atoms with Crippen LogP contribution in [0, 0.1) is 0 Å². The molecule has 0 saturated heterocycles. The number of nitrogens with zero attached hydrogens (tertiary/aromatic N) is 2. The molecule has 166 valence electrons. The zero-order valence-corrected chi connectivity index (χ0v) is 19.9. The molecule has 0 bridgehead atoms. The molecule has 0 atom stereocenters. The number of ether oxygens (including phenoxy) is 1. The lowest BCUT2D eigenvalue weighted by Crippen LogP contribution is -2.32. The fraction of sp³-hybridized carbons (Fsp3) is 0.455. The molecule has 2 heterocycles. The molecule has 0 aliphatic heterocycles. The van der Waals surface area contributed by atoms with E-state index in [1.54, 1.807) is 0 Å². The van der Waals surface area contributed by atoms with Crippen molar-refractivity contribution >= 4 is 50.0 Å². The minimum absolute atomic E-state index is 0.153. The highest BCUT2D eigenvalue weighted by Gasteiger charge is 2.16. The Bertz CT molecular complexity index is 1050. The van der Waals surface area contributed by atoms with Gasteiger partial charge < -0.3 is 15.4 Å². The summed E-state index contributed by atoms with van der Waals surface area (Å²) in [5, 5.41) is 8.67. The van der Waals surface area contributed by atoms with Gasteiger partial charge in [-0.05, 0) is 51.3 Å². The van der Waals surface area contributed by atoms with E-state index in [1.807, 2.05) is 32.2 Å². The van der Waals surface area contributed by atoms with Crippen LogP contribution in [0.15, 0.2) is 23.6 Å². The van der Waals surface area contributed by atoms with Crippen molar-refractivity contribution in [2.45, 2.75) is 65.5 Å². The van der Waals surface area contributed by atoms with Gasteiger partial charge in [-0.2, -0.15) is 0 Å². The van der Waals surface area contributed by atoms with Crippen LogP contribution >= 0.6 is 22.7 Å². The minimum atomic E-state index is -0.548. The zero-order valence-electron chi connectivity index (χ0n) is 18.3. The van der Waals surface area contributed by atoms with Gasteiger partial charge in [0.1, 0.15) is 10.6 Å². The molecule has 9 heteroatoms. The maximum atomic E-state index is 12.4. The maximum Gasteiger partial charge on any atom is 0.408 e. The number of benzene rings is 1. The van der Waals surface area contributed by atoms with Crippen molar-refractivity contribution in [1.82, 2.24) is 15.3 Å². The largest absolute Gasteiger partial charge is 0.444 e. The van der Waals surface area contributed by atoms with Crippen LogP contribution in [0.3, 0.4) is 0 Å². The van der Waals surface area contributed by atoms with E-state index in [0.29, 0.717) is 15.8 Å². The minimum Gasteiger partial charge on any atom is -0.444 e. The first-order chi connectivity index (χ1) is 14.7. The van der Waals surface area contributed by atoms with Crippen LogP contribution in [0.2, 0.25) is 0 Å². The lowest BCUT2D eigenvalue weighted by Gasteiger charge is -2.19. The van der Waals surface area contributed by atoms with E-state index in [4.69, 9.17) is 4.74 Å². The Balaban J connectivity index is 1.52. The van der Waals surface area contributed by atoms with Crippen LogP contribution in [0.4, 0.5) is 9.93 Å². The van der Waals surface area contributed by atoms with Gasteiger partial charge in [-0.1, -0.05) is 30.7 Å². The molecule has 0 fully saturated rings. The lowest BCUT2D eigenvalue weighted by molar-refractivity contribution is -0.115. The average molecular weight is 461 g/mol. The molecule has 0 aliphatic carbocycles. The predicted octanol–water partition coefficient (Wildman–Crippen LogP) is 5.30. The summed E-state index contributed by atoms with van der Waals surface area (Å²) < 4.78 is 6.28. The number of alkyl carbamates (subject to hydrolysis) is 1. The molecule has 31 heavy (non-hydrogen) atoms. The number of aryl methyl sites for hydroxylation is 1. The summed E-state index contributed by atoms with van der Waals surface area (Å²) in [5.74, 6) is -0.165. The average Bonchev–Trinajstić information content (AvgIpc) is 3.28. The summed E-state index contributed by atoms with van der Waals surface area (Å²) in [4.78, 5) is 33.1. The van der Waals surface area contributed by atoms with Gasteiger partial charge in [-0.3, -0.25) is 4.79 Å². The molecule has 0 saturated carbocycles. The molecular formula is C22H28N4O3S2. The van der Waals surface area contributed by atoms with Gasteiger partial charge in [0, 0.05) is 5.38 Å². The van der Waals surface area contributed by atoms with Gasteiger partial charge in [0.25, 0.3) is 0 Å². The molecule has 0 radical (unpaired) electrons. The molecular weight excluding hydrogens is 432 g/mol. The van der Waals surface area contributed by atoms with Crippen LogP contribution < -0.4 is 10.6 Å². The number of carbonyl (C=O) groups is 2. The standard InChI is InChI=1S/C22H28N4O3S2/c1-5-6-7-14-8-9-16-17(10-14)31-20(25-16)26-18(27)11-15-13-30-19(24-15)12-23-21(28)29-22(2,3)4/h8-10,13H,5-7,11-12H2,1-4H3,(H,23,28)(H,25,26,27). The zero-order chi connectivity index (χ0) is 22.4. The van der Waals surface area contributed by atoms with Gasteiger partial charge in [-0.15, -0.1) is 11.3 Å². The molecule has 0 aliphatic rings. The van der Waals surface area contributed by atoms with E-state index in [1.165, 1.54) is 28.2 Å². The van der Waals surface area contributed by atoms with Crippen LogP contribution in [-0.4, -0.2) is 27.6 Å². The first-order valence-corrected chi connectivity index (χ1v) is 12.0. The normalized spacial score (nSPS) is 11.5. The third-order valence-corrected chi connectivity index (χ3v) is 6.07. The highest BCUT2D eigenvalue weighted by Crippen LogP contribution is 2.27. The first-order valence-electron chi connectivity index (χ1n) is 10.3. The quantitative estimate of drug-likeness (QED) is 0.476. The summed E-state index contributed by atoms with van der Waals surface area (Å²) >= 11 is 2.88. The third kappa shape index (κ3) is 7.29. The smallest absolute Gasteiger partial charge is 0.408 e. The fourth-order valence-electron chi connectivity index (χ4n) is 2.86. The molecule has 2 amide bonds. The Morgan fingerprint density at radius 1 is 1.19 bits per heavy atom. The fourth-order valence-corrected chi connectivity index (χ4v) is 4.54. The summed E-state index contributed by atoms with van der Waals surface area (Å²) in [5.41, 5.74) is 2.30. The number of nitrogens with one attached hydrogen (secondary N) is 2. The van der Waals surface area contributed by atoms with Gasteiger partial charge in [-0.25, -0.2) is 14.8 Å². The summed E-state index contributed by atoms with van der Waals surface area (Å²) in [7, 11) is 0. The second kappa shape index (κ2) is 10.2. The van der Waals surface area contributed by atoms with Crippen molar-refractivity contribution in [1.29, 1.82) is 0 Å². The summed E-state index contributed by atoms with van der Waals surface area (Å²) in [6, 6.07) is 6.27. The summed E-state index contributed by atoms with van der Waals surface area (Å²) in [6.07, 6.45) is 3.05. The molecule has 2 aromatic heterocycles. The van der Waals surface area contributed by atoms with E-state index in [0.717, 1.165) is 29.5 Å². The highest BCUT2D eigenvalue weighted by atomic mass is 32.1. The van der Waals surface area contributed by atoms with Crippen molar-refractivity contribution in [3.8, 4) is 0 Å². The van der Waals surface area contributed by atoms with E-state index >= 15 is 0 Å². The van der Waals surface area contributed by atoms with E-state index < -0.39 is 11.7 Å². The Morgan fingerprint density at radius 2 is 2.00 bits per heavy atom. The number of hydrogen-bond acceptors (Lipinski definition) is 7. The number of rotatable bonds is 8. The van der Waals surface area contributed by atoms with Crippen molar-refractivity contribution in [2.75, 3.05) is 5.32 Å². The van der Waals surface area contributed by atoms with Crippen molar-refractivity contribution in [3.63, 3.8) is 0 Å².